The highest BCUT2D eigenvalue weighted by atomic mass is 17.2. The first-order valence-corrected chi connectivity index (χ1v) is 9.88. The van der Waals surface area contributed by atoms with Crippen LogP contribution in [0.3, 0.4) is 0 Å². The van der Waals surface area contributed by atoms with E-state index in [1.807, 2.05) is 33.8 Å². The van der Waals surface area contributed by atoms with Crippen LogP contribution >= 0.6 is 0 Å². The van der Waals surface area contributed by atoms with E-state index in [0.29, 0.717) is 6.42 Å². The number of carbonyl (C=O) groups excluding carboxylic acids is 2. The fourth-order valence-electron chi connectivity index (χ4n) is 5.47. The van der Waals surface area contributed by atoms with E-state index in [1.54, 1.807) is 12.2 Å². The largest absolute Gasteiger partial charge is 0.469 e. The van der Waals surface area contributed by atoms with Crippen LogP contribution in [-0.2, 0) is 24.1 Å². The average molecular weight is 376 g/mol. The van der Waals surface area contributed by atoms with Gasteiger partial charge in [0.15, 0.2) is 5.78 Å². The van der Waals surface area contributed by atoms with E-state index in [4.69, 9.17) is 14.5 Å². The second kappa shape index (κ2) is 6.56. The van der Waals surface area contributed by atoms with E-state index in [0.717, 1.165) is 31.3 Å². The summed E-state index contributed by atoms with van der Waals surface area (Å²) in [5, 5.41) is 0. The zero-order valence-corrected chi connectivity index (χ0v) is 17.4. The molecule has 3 aliphatic rings. The number of fused-ring (bicyclic) bond motifs is 3. The molecule has 150 valence electrons. The molecule has 3 aliphatic carbocycles. The molecule has 5 heteroatoms. The van der Waals surface area contributed by atoms with Gasteiger partial charge in [0.05, 0.1) is 18.1 Å². The van der Waals surface area contributed by atoms with Crippen LogP contribution in [0.25, 0.3) is 0 Å². The first-order valence-electron chi connectivity index (χ1n) is 9.88. The summed E-state index contributed by atoms with van der Waals surface area (Å²) in [5.74, 6) is -0.0913. The summed E-state index contributed by atoms with van der Waals surface area (Å²) in [4.78, 5) is 36.7. The molecule has 0 bridgehead atoms. The van der Waals surface area contributed by atoms with E-state index < -0.39 is 16.6 Å². The molecule has 0 amide bonds. The lowest BCUT2D eigenvalue weighted by Gasteiger charge is -2.58. The molecule has 0 radical (unpaired) electrons. The lowest BCUT2D eigenvalue weighted by molar-refractivity contribution is -0.392. The van der Waals surface area contributed by atoms with Crippen LogP contribution in [0.1, 0.15) is 66.7 Å². The van der Waals surface area contributed by atoms with E-state index in [1.165, 1.54) is 7.11 Å². The molecular formula is C22H32O5. The van der Waals surface area contributed by atoms with Gasteiger partial charge in [-0.1, -0.05) is 13.3 Å². The summed E-state index contributed by atoms with van der Waals surface area (Å²) < 4.78 is 5.17. The first kappa shape index (κ1) is 20.3. The summed E-state index contributed by atoms with van der Waals surface area (Å²) >= 11 is 0. The number of hydrogen-bond acceptors (Lipinski definition) is 5. The fraction of sp³-hybridized carbons (Fsp3) is 0.727. The monoisotopic (exact) mass is 376 g/mol. The summed E-state index contributed by atoms with van der Waals surface area (Å²) in [5.41, 5.74) is -1.14. The Kier molecular flexibility index (Phi) is 4.92. The lowest BCUT2D eigenvalue weighted by Crippen LogP contribution is -2.57. The summed E-state index contributed by atoms with van der Waals surface area (Å²) in [6.45, 7) is 10.00. The highest BCUT2D eigenvalue weighted by molar-refractivity contribution is 6.01. The number of hydrogen-bond donors (Lipinski definition) is 0. The molecule has 0 N–H and O–H groups in total. The predicted octanol–water partition coefficient (Wildman–Crippen LogP) is 4.32. The van der Waals surface area contributed by atoms with Crippen LogP contribution in [0, 0.1) is 16.7 Å². The summed E-state index contributed by atoms with van der Waals surface area (Å²) in [7, 11) is 1.46. The fourth-order valence-corrected chi connectivity index (χ4v) is 5.47. The third-order valence-electron chi connectivity index (χ3n) is 6.70. The SMILES string of the molecule is COC(=O)[C@@]1(C)CCC[C@]2(C)C3=CC(=O)C=C[C@]3(OOC(C)(C)C)CC[C@@H]12. The van der Waals surface area contributed by atoms with Crippen molar-refractivity contribution in [3.63, 3.8) is 0 Å². The molecule has 0 saturated heterocycles. The van der Waals surface area contributed by atoms with Crippen LogP contribution in [0.5, 0.6) is 0 Å². The molecule has 2 saturated carbocycles. The minimum atomic E-state index is -0.749. The van der Waals surface area contributed by atoms with Crippen molar-refractivity contribution < 1.29 is 24.1 Å². The van der Waals surface area contributed by atoms with Crippen LogP contribution in [0.2, 0.25) is 0 Å². The molecule has 4 atom stereocenters. The second-order valence-electron chi connectivity index (χ2n) is 9.73. The van der Waals surface area contributed by atoms with Gasteiger partial charge in [-0.15, -0.1) is 0 Å². The highest BCUT2D eigenvalue weighted by Gasteiger charge is 2.61. The number of ketones is 1. The Morgan fingerprint density at radius 2 is 1.89 bits per heavy atom. The van der Waals surface area contributed by atoms with Gasteiger partial charge >= 0.3 is 5.97 Å². The minimum absolute atomic E-state index is 0.0350. The number of ether oxygens (including phenoxy) is 1. The molecular weight excluding hydrogens is 344 g/mol. The molecule has 0 aromatic heterocycles. The Labute approximate surface area is 162 Å². The molecule has 5 nitrogen and oxygen atoms in total. The molecule has 0 spiro atoms. The number of allylic oxidation sites excluding steroid dienone is 2. The summed E-state index contributed by atoms with van der Waals surface area (Å²) in [6, 6.07) is 0. The third kappa shape index (κ3) is 3.29. The van der Waals surface area contributed by atoms with Gasteiger partial charge < -0.3 is 4.74 Å². The van der Waals surface area contributed by atoms with Crippen LogP contribution in [0.4, 0.5) is 0 Å². The third-order valence-corrected chi connectivity index (χ3v) is 6.70. The highest BCUT2D eigenvalue weighted by Crippen LogP contribution is 2.63. The number of esters is 1. The number of methoxy groups -OCH3 is 1. The minimum Gasteiger partial charge on any atom is -0.469 e. The van der Waals surface area contributed by atoms with Crippen LogP contribution in [-0.4, -0.2) is 30.1 Å². The van der Waals surface area contributed by atoms with E-state index in [-0.39, 0.29) is 23.1 Å². The topological polar surface area (TPSA) is 61.8 Å². The maximum Gasteiger partial charge on any atom is 0.311 e. The number of rotatable bonds is 3. The Morgan fingerprint density at radius 1 is 1.19 bits per heavy atom. The van der Waals surface area contributed by atoms with Gasteiger partial charge in [0.2, 0.25) is 0 Å². The maximum atomic E-state index is 12.7. The van der Waals surface area contributed by atoms with Gasteiger partial charge in [0, 0.05) is 0 Å². The Hall–Kier alpha value is -1.46. The molecule has 0 unspecified atom stereocenters. The van der Waals surface area contributed by atoms with Crippen molar-refractivity contribution in [3.8, 4) is 0 Å². The van der Waals surface area contributed by atoms with Gasteiger partial charge in [-0.3, -0.25) is 9.59 Å². The molecule has 0 aromatic carbocycles. The standard InChI is InChI=1S/C22H32O5/c1-19(2,3)26-27-22-12-8-15(23)14-17(22)20(4)10-7-11-21(5,18(24)25-6)16(20)9-13-22/h8,12,14,16H,7,9-11,13H2,1-6H3/t16-,20+,21+,22+/m1/s1. The predicted molar refractivity (Wildman–Crippen MR) is 102 cm³/mol. The van der Waals surface area contributed by atoms with Gasteiger partial charge in [-0.05, 0) is 88.5 Å². The van der Waals surface area contributed by atoms with E-state index in [2.05, 4.69) is 6.92 Å². The normalized spacial score (nSPS) is 38.7. The van der Waals surface area contributed by atoms with Crippen LogP contribution in [0.15, 0.2) is 23.8 Å². The van der Waals surface area contributed by atoms with E-state index >= 15 is 0 Å². The van der Waals surface area contributed by atoms with Crippen LogP contribution < -0.4 is 0 Å². The quantitative estimate of drug-likeness (QED) is 0.417. The maximum absolute atomic E-state index is 12.7. The zero-order valence-electron chi connectivity index (χ0n) is 17.4. The van der Waals surface area contributed by atoms with Crippen molar-refractivity contribution in [3.05, 3.63) is 23.8 Å². The second-order valence-corrected chi connectivity index (χ2v) is 9.73. The van der Waals surface area contributed by atoms with Crippen molar-refractivity contribution in [2.75, 3.05) is 7.11 Å². The number of carbonyl (C=O) groups is 2. The first-order chi connectivity index (χ1) is 12.5. The molecule has 0 aliphatic heterocycles. The van der Waals surface area contributed by atoms with Gasteiger partial charge in [-0.2, -0.15) is 0 Å². The van der Waals surface area contributed by atoms with Crippen molar-refractivity contribution in [1.29, 1.82) is 0 Å². The summed E-state index contributed by atoms with van der Waals surface area (Å²) in [6.07, 6.45) is 9.24. The molecule has 2 fully saturated rings. The van der Waals surface area contributed by atoms with Crippen molar-refractivity contribution in [2.24, 2.45) is 16.7 Å². The van der Waals surface area contributed by atoms with E-state index in [9.17, 15) is 9.59 Å². The van der Waals surface area contributed by atoms with Gasteiger partial charge in [0.1, 0.15) is 5.60 Å². The van der Waals surface area contributed by atoms with Crippen molar-refractivity contribution in [2.45, 2.75) is 77.9 Å². The van der Waals surface area contributed by atoms with Gasteiger partial charge in [0.25, 0.3) is 0 Å². The molecule has 27 heavy (non-hydrogen) atoms. The Balaban J connectivity index is 2.03. The zero-order chi connectivity index (χ0) is 20.1. The Morgan fingerprint density at radius 3 is 2.52 bits per heavy atom. The molecule has 0 aromatic rings. The van der Waals surface area contributed by atoms with Gasteiger partial charge in [-0.25, -0.2) is 9.78 Å². The van der Waals surface area contributed by atoms with Crippen molar-refractivity contribution >= 4 is 11.8 Å². The molecule has 3 rings (SSSR count). The van der Waals surface area contributed by atoms with Crippen molar-refractivity contribution in [1.82, 2.24) is 0 Å². The smallest absolute Gasteiger partial charge is 0.311 e. The Bertz CT molecular complexity index is 700. The molecule has 0 heterocycles. The lowest BCUT2D eigenvalue weighted by atomic mass is 9.46. The average Bonchev–Trinajstić information content (AvgIpc) is 2.59.